The van der Waals surface area contributed by atoms with E-state index in [0.29, 0.717) is 25.5 Å². The van der Waals surface area contributed by atoms with Gasteiger partial charge in [0.25, 0.3) is 0 Å². The molecule has 6 heteroatoms. The molecule has 0 radical (unpaired) electrons. The summed E-state index contributed by atoms with van der Waals surface area (Å²) in [6, 6.07) is 21.8. The van der Waals surface area contributed by atoms with Crippen LogP contribution in [-0.2, 0) is 29.1 Å². The van der Waals surface area contributed by atoms with Gasteiger partial charge in [-0.3, -0.25) is 4.79 Å². The summed E-state index contributed by atoms with van der Waals surface area (Å²) in [6.07, 6.45) is 5.09. The largest absolute Gasteiger partial charge is 0.488 e. The van der Waals surface area contributed by atoms with Crippen LogP contribution in [0.15, 0.2) is 94.4 Å². The lowest BCUT2D eigenvalue weighted by Crippen LogP contribution is -2.09. The van der Waals surface area contributed by atoms with E-state index in [1.807, 2.05) is 48.5 Å². The molecule has 0 fully saturated rings. The van der Waals surface area contributed by atoms with E-state index in [0.717, 1.165) is 49.9 Å². The van der Waals surface area contributed by atoms with Gasteiger partial charge in [0.15, 0.2) is 0 Å². The molecule has 0 spiro atoms. The van der Waals surface area contributed by atoms with E-state index < -0.39 is 0 Å². The number of rotatable bonds is 9. The molecule has 2 N–H and O–H groups in total. The summed E-state index contributed by atoms with van der Waals surface area (Å²) in [4.78, 5) is 12.3. The molecule has 182 valence electrons. The van der Waals surface area contributed by atoms with E-state index in [1.165, 1.54) is 0 Å². The second kappa shape index (κ2) is 10.5. The van der Waals surface area contributed by atoms with Crippen LogP contribution in [0.4, 0.5) is 0 Å². The maximum absolute atomic E-state index is 12.3. The zero-order chi connectivity index (χ0) is 24.9. The number of fused-ring (bicyclic) bond motifs is 1. The maximum Gasteiger partial charge on any atom is 0.310 e. The van der Waals surface area contributed by atoms with Crippen molar-refractivity contribution in [2.75, 3.05) is 6.61 Å². The molecular weight excluding hydrogens is 454 g/mol. The molecule has 36 heavy (non-hydrogen) atoms. The van der Waals surface area contributed by atoms with E-state index in [1.54, 1.807) is 25.7 Å². The molecule has 0 amide bonds. The monoisotopic (exact) mass is 481 g/mol. The molecule has 0 atom stereocenters. The first-order valence-electron chi connectivity index (χ1n) is 11.9. The predicted octanol–water partition coefficient (Wildman–Crippen LogP) is 6.50. The number of hydrogen-bond donors (Lipinski definition) is 1. The summed E-state index contributed by atoms with van der Waals surface area (Å²) in [5, 5.41) is 0.985. The highest BCUT2D eigenvalue weighted by molar-refractivity contribution is 5.93. The summed E-state index contributed by atoms with van der Waals surface area (Å²) in [5.41, 5.74) is 13.2. The maximum atomic E-state index is 12.3. The van der Waals surface area contributed by atoms with E-state index in [2.05, 4.69) is 18.2 Å². The average Bonchev–Trinajstić information content (AvgIpc) is 3.60. The van der Waals surface area contributed by atoms with Crippen molar-refractivity contribution in [2.24, 2.45) is 5.73 Å². The lowest BCUT2D eigenvalue weighted by atomic mass is 9.99. The van der Waals surface area contributed by atoms with Gasteiger partial charge in [0.1, 0.15) is 17.9 Å². The van der Waals surface area contributed by atoms with Crippen LogP contribution >= 0.6 is 0 Å². The minimum absolute atomic E-state index is 0.118. The Kier molecular flexibility index (Phi) is 6.87. The SMILES string of the molecule is CCOC(=O)Cc1cccc(-c2ccoc2)c1OCc1cc(-c2cccc(CN)c2)c2occc2c1. The Bertz CT molecular complexity index is 1480. The van der Waals surface area contributed by atoms with Crippen LogP contribution in [0.3, 0.4) is 0 Å². The van der Waals surface area contributed by atoms with Gasteiger partial charge in [0.05, 0.1) is 31.8 Å². The quantitative estimate of drug-likeness (QED) is 0.242. The molecule has 0 aliphatic heterocycles. The van der Waals surface area contributed by atoms with Gasteiger partial charge in [-0.15, -0.1) is 0 Å². The zero-order valence-electron chi connectivity index (χ0n) is 20.0. The second-order valence-electron chi connectivity index (χ2n) is 8.46. The van der Waals surface area contributed by atoms with Gasteiger partial charge in [-0.2, -0.15) is 0 Å². The summed E-state index contributed by atoms with van der Waals surface area (Å²) in [7, 11) is 0. The molecule has 0 saturated carbocycles. The Morgan fingerprint density at radius 1 is 0.917 bits per heavy atom. The second-order valence-corrected chi connectivity index (χ2v) is 8.46. The Morgan fingerprint density at radius 3 is 2.61 bits per heavy atom. The molecule has 2 heterocycles. The van der Waals surface area contributed by atoms with Crippen LogP contribution < -0.4 is 10.5 Å². The molecular formula is C30H27NO5. The smallest absolute Gasteiger partial charge is 0.310 e. The van der Waals surface area contributed by atoms with Crippen LogP contribution in [0.25, 0.3) is 33.2 Å². The lowest BCUT2D eigenvalue weighted by Gasteiger charge is -2.16. The standard InChI is InChI=1S/C30H27NO5/c1-2-34-28(32)16-23-7-4-8-26(25-9-11-33-19-25)29(23)36-18-21-14-24-10-12-35-30(24)27(15-21)22-6-3-5-20(13-22)17-31/h3-15,19H,2,16-18,31H2,1H3. The molecule has 5 rings (SSSR count). The Labute approximate surface area is 209 Å². The number of furan rings is 2. The third-order valence-electron chi connectivity index (χ3n) is 6.04. The number of nitrogens with two attached hydrogens (primary N) is 1. The van der Waals surface area contributed by atoms with Gasteiger partial charge in [-0.05, 0) is 53.9 Å². The summed E-state index contributed by atoms with van der Waals surface area (Å²) < 4.78 is 22.7. The highest BCUT2D eigenvalue weighted by Gasteiger charge is 2.17. The fraction of sp³-hybridized carbons (Fsp3) is 0.167. The van der Waals surface area contributed by atoms with Crippen LogP contribution in [0.1, 0.15) is 23.6 Å². The number of carbonyl (C=O) groups is 1. The zero-order valence-corrected chi connectivity index (χ0v) is 20.0. The predicted molar refractivity (Wildman–Crippen MR) is 138 cm³/mol. The highest BCUT2D eigenvalue weighted by Crippen LogP contribution is 2.36. The van der Waals surface area contributed by atoms with Crippen molar-refractivity contribution in [1.29, 1.82) is 0 Å². The number of ether oxygens (including phenoxy) is 2. The number of hydrogen-bond acceptors (Lipinski definition) is 6. The molecule has 2 aromatic heterocycles. The summed E-state index contributed by atoms with van der Waals surface area (Å²) >= 11 is 0. The van der Waals surface area contributed by atoms with Crippen molar-refractivity contribution in [1.82, 2.24) is 0 Å². The fourth-order valence-electron chi connectivity index (χ4n) is 4.37. The topological polar surface area (TPSA) is 87.8 Å². The molecule has 0 aliphatic carbocycles. The molecule has 0 aliphatic rings. The van der Waals surface area contributed by atoms with Crippen LogP contribution in [0.2, 0.25) is 0 Å². The Morgan fingerprint density at radius 2 is 1.81 bits per heavy atom. The van der Waals surface area contributed by atoms with E-state index in [9.17, 15) is 4.79 Å². The van der Waals surface area contributed by atoms with Gasteiger partial charge in [0, 0.05) is 34.2 Å². The summed E-state index contributed by atoms with van der Waals surface area (Å²) in [6.45, 7) is 2.89. The van der Waals surface area contributed by atoms with Crippen molar-refractivity contribution in [3.63, 3.8) is 0 Å². The van der Waals surface area contributed by atoms with Crippen LogP contribution in [-0.4, -0.2) is 12.6 Å². The van der Waals surface area contributed by atoms with Gasteiger partial charge < -0.3 is 24.0 Å². The molecule has 0 saturated heterocycles. The lowest BCUT2D eigenvalue weighted by molar-refractivity contribution is -0.142. The van der Waals surface area contributed by atoms with Crippen molar-refractivity contribution in [3.8, 4) is 28.0 Å². The van der Waals surface area contributed by atoms with Gasteiger partial charge >= 0.3 is 5.97 Å². The molecule has 3 aromatic carbocycles. The fourth-order valence-corrected chi connectivity index (χ4v) is 4.37. The van der Waals surface area contributed by atoms with Gasteiger partial charge in [-0.25, -0.2) is 0 Å². The average molecular weight is 482 g/mol. The molecule has 0 unspecified atom stereocenters. The summed E-state index contributed by atoms with van der Waals surface area (Å²) in [5.74, 6) is 0.333. The van der Waals surface area contributed by atoms with Crippen LogP contribution in [0, 0.1) is 0 Å². The molecule has 6 nitrogen and oxygen atoms in total. The third kappa shape index (κ3) is 4.90. The van der Waals surface area contributed by atoms with Crippen molar-refractivity contribution < 1.29 is 23.1 Å². The number of carbonyl (C=O) groups excluding carboxylic acids is 1. The minimum Gasteiger partial charge on any atom is -0.488 e. The first-order valence-corrected chi connectivity index (χ1v) is 11.9. The van der Waals surface area contributed by atoms with E-state index >= 15 is 0 Å². The normalized spacial score (nSPS) is 11.1. The number of esters is 1. The molecule has 0 bridgehead atoms. The highest BCUT2D eigenvalue weighted by atomic mass is 16.5. The van der Waals surface area contributed by atoms with Gasteiger partial charge in [0.2, 0.25) is 0 Å². The Hall–Kier alpha value is -4.29. The van der Waals surface area contributed by atoms with Crippen molar-refractivity contribution in [3.05, 3.63) is 102 Å². The third-order valence-corrected chi connectivity index (χ3v) is 6.04. The number of para-hydroxylation sites is 1. The van der Waals surface area contributed by atoms with E-state index in [-0.39, 0.29) is 12.4 Å². The van der Waals surface area contributed by atoms with Crippen LogP contribution in [0.5, 0.6) is 5.75 Å². The van der Waals surface area contributed by atoms with E-state index in [4.69, 9.17) is 24.0 Å². The first-order chi connectivity index (χ1) is 17.7. The number of benzene rings is 3. The Balaban J connectivity index is 1.51. The molecule has 5 aromatic rings. The van der Waals surface area contributed by atoms with Gasteiger partial charge in [-0.1, -0.05) is 36.4 Å². The minimum atomic E-state index is -0.298. The first kappa shape index (κ1) is 23.5. The van der Waals surface area contributed by atoms with Crippen molar-refractivity contribution >= 4 is 16.9 Å². The van der Waals surface area contributed by atoms with Crippen molar-refractivity contribution in [2.45, 2.75) is 26.5 Å².